The van der Waals surface area contributed by atoms with Crippen molar-refractivity contribution in [2.24, 2.45) is 0 Å². The molecule has 0 N–H and O–H groups in total. The van der Waals surface area contributed by atoms with E-state index in [1.807, 2.05) is 0 Å². The number of esters is 2. The van der Waals surface area contributed by atoms with Crippen molar-refractivity contribution in [1.82, 2.24) is 0 Å². The fourth-order valence-corrected chi connectivity index (χ4v) is 2.81. The third-order valence-corrected chi connectivity index (χ3v) is 4.40. The van der Waals surface area contributed by atoms with E-state index in [1.54, 1.807) is 0 Å². The lowest BCUT2D eigenvalue weighted by molar-refractivity contribution is -0.140. The lowest BCUT2D eigenvalue weighted by Gasteiger charge is -2.04. The van der Waals surface area contributed by atoms with Gasteiger partial charge in [-0.1, -0.05) is 96.3 Å². The summed E-state index contributed by atoms with van der Waals surface area (Å²) in [7, 11) is 0. The minimum Gasteiger partial charge on any atom is -0.463 e. The van der Waals surface area contributed by atoms with E-state index in [0.717, 1.165) is 25.0 Å². The van der Waals surface area contributed by atoms with Crippen LogP contribution in [0.5, 0.6) is 0 Å². The summed E-state index contributed by atoms with van der Waals surface area (Å²) in [5.41, 5.74) is 0. The molecule has 0 radical (unpaired) electrons. The van der Waals surface area contributed by atoms with Crippen molar-refractivity contribution in [3.05, 3.63) is 12.2 Å². The van der Waals surface area contributed by atoms with Gasteiger partial charge in [0.2, 0.25) is 0 Å². The second-order valence-corrected chi connectivity index (χ2v) is 6.91. The number of carbonyl (C=O) groups excluding carboxylic acids is 2. The Labute approximate surface area is 166 Å². The smallest absolute Gasteiger partial charge is 0.331 e. The first-order valence-corrected chi connectivity index (χ1v) is 10.7. The summed E-state index contributed by atoms with van der Waals surface area (Å²) >= 11 is 0. The number of carbonyl (C=O) groups is 2. The highest BCUT2D eigenvalue weighted by atomic mass is 16.5. The second-order valence-electron chi connectivity index (χ2n) is 6.91. The summed E-state index contributed by atoms with van der Waals surface area (Å²) in [5, 5.41) is 0. The van der Waals surface area contributed by atoms with E-state index in [9.17, 15) is 9.59 Å². The Kier molecular flexibility index (Phi) is 19.2. The van der Waals surface area contributed by atoms with Gasteiger partial charge in [-0.05, 0) is 6.42 Å². The number of terminal acetylenes is 1. The van der Waals surface area contributed by atoms with E-state index in [-0.39, 0.29) is 6.61 Å². The Morgan fingerprint density at radius 3 is 1.56 bits per heavy atom. The standard InChI is InChI=1S/C23H38O4/c1-3-5-6-7-8-9-10-11-12-13-14-15-16-17-21-27-23(25)19-18-22(24)26-20-4-2/h2,18-19H,3,5-17,20-21H2,1H3/b19-18+. The van der Waals surface area contributed by atoms with Crippen LogP contribution >= 0.6 is 0 Å². The van der Waals surface area contributed by atoms with Crippen molar-refractivity contribution in [2.45, 2.75) is 96.8 Å². The van der Waals surface area contributed by atoms with E-state index in [1.165, 1.54) is 77.0 Å². The van der Waals surface area contributed by atoms with Crippen molar-refractivity contribution in [1.29, 1.82) is 0 Å². The quantitative estimate of drug-likeness (QED) is 0.132. The van der Waals surface area contributed by atoms with Crippen LogP contribution in [0.1, 0.15) is 96.8 Å². The van der Waals surface area contributed by atoms with Gasteiger partial charge in [0.05, 0.1) is 6.61 Å². The zero-order valence-corrected chi connectivity index (χ0v) is 17.2. The summed E-state index contributed by atoms with van der Waals surface area (Å²) in [4.78, 5) is 22.5. The maximum atomic E-state index is 11.4. The fourth-order valence-electron chi connectivity index (χ4n) is 2.81. The van der Waals surface area contributed by atoms with Crippen LogP contribution < -0.4 is 0 Å². The summed E-state index contributed by atoms with van der Waals surface area (Å²) in [6.07, 6.45) is 25.1. The molecule has 27 heavy (non-hydrogen) atoms. The van der Waals surface area contributed by atoms with Crippen LogP contribution in [-0.4, -0.2) is 25.2 Å². The van der Waals surface area contributed by atoms with Crippen LogP contribution in [0.4, 0.5) is 0 Å². The van der Waals surface area contributed by atoms with Crippen molar-refractivity contribution >= 4 is 11.9 Å². The van der Waals surface area contributed by atoms with Crippen molar-refractivity contribution in [3.63, 3.8) is 0 Å². The molecular formula is C23H38O4. The number of unbranched alkanes of at least 4 members (excludes halogenated alkanes) is 13. The topological polar surface area (TPSA) is 52.6 Å². The fraction of sp³-hybridized carbons (Fsp3) is 0.739. The van der Waals surface area contributed by atoms with Gasteiger partial charge in [0.1, 0.15) is 0 Å². The van der Waals surface area contributed by atoms with Crippen LogP contribution in [-0.2, 0) is 19.1 Å². The normalized spacial score (nSPS) is 10.7. The van der Waals surface area contributed by atoms with E-state index in [0.29, 0.717) is 6.61 Å². The van der Waals surface area contributed by atoms with Crippen LogP contribution in [0.25, 0.3) is 0 Å². The average Bonchev–Trinajstić information content (AvgIpc) is 2.67. The van der Waals surface area contributed by atoms with Crippen molar-refractivity contribution in [2.75, 3.05) is 13.2 Å². The number of hydrogen-bond donors (Lipinski definition) is 0. The van der Waals surface area contributed by atoms with Gasteiger partial charge in [-0.15, -0.1) is 6.42 Å². The molecule has 0 spiro atoms. The molecule has 0 aliphatic heterocycles. The molecule has 0 aromatic heterocycles. The highest BCUT2D eigenvalue weighted by Gasteiger charge is 2.00. The summed E-state index contributed by atoms with van der Waals surface area (Å²) in [5.74, 6) is 1.01. The predicted molar refractivity (Wildman–Crippen MR) is 110 cm³/mol. The van der Waals surface area contributed by atoms with Gasteiger partial charge < -0.3 is 9.47 Å². The van der Waals surface area contributed by atoms with Gasteiger partial charge in [0, 0.05) is 12.2 Å². The van der Waals surface area contributed by atoms with Crippen LogP contribution in [0.15, 0.2) is 12.2 Å². The molecule has 0 rings (SSSR count). The number of rotatable bonds is 18. The molecular weight excluding hydrogens is 340 g/mol. The monoisotopic (exact) mass is 378 g/mol. The summed E-state index contributed by atoms with van der Waals surface area (Å²) in [6.45, 7) is 2.55. The van der Waals surface area contributed by atoms with Gasteiger partial charge in [-0.3, -0.25) is 0 Å². The lowest BCUT2D eigenvalue weighted by Crippen LogP contribution is -2.05. The summed E-state index contributed by atoms with van der Waals surface area (Å²) in [6, 6.07) is 0. The van der Waals surface area contributed by atoms with Gasteiger partial charge in [-0.2, -0.15) is 0 Å². The van der Waals surface area contributed by atoms with Gasteiger partial charge >= 0.3 is 11.9 Å². The Hall–Kier alpha value is -1.76. The molecule has 0 aliphatic carbocycles. The van der Waals surface area contributed by atoms with Crippen LogP contribution in [0.3, 0.4) is 0 Å². The van der Waals surface area contributed by atoms with E-state index < -0.39 is 11.9 Å². The molecule has 0 heterocycles. The second kappa shape index (κ2) is 20.6. The molecule has 0 fully saturated rings. The molecule has 0 aromatic rings. The lowest BCUT2D eigenvalue weighted by atomic mass is 10.0. The Balaban J connectivity index is 3.28. The Morgan fingerprint density at radius 2 is 1.11 bits per heavy atom. The van der Waals surface area contributed by atoms with Crippen LogP contribution in [0, 0.1) is 12.3 Å². The summed E-state index contributed by atoms with van der Waals surface area (Å²) < 4.78 is 9.63. The van der Waals surface area contributed by atoms with Gasteiger partial charge in [-0.25, -0.2) is 9.59 Å². The molecule has 154 valence electrons. The molecule has 0 bridgehead atoms. The molecule has 0 saturated heterocycles. The molecule has 0 aliphatic rings. The highest BCUT2D eigenvalue weighted by Crippen LogP contribution is 2.12. The first kappa shape index (κ1) is 25.2. The molecule has 0 amide bonds. The molecule has 0 aromatic carbocycles. The maximum Gasteiger partial charge on any atom is 0.331 e. The van der Waals surface area contributed by atoms with Gasteiger partial charge in [0.25, 0.3) is 0 Å². The van der Waals surface area contributed by atoms with E-state index in [2.05, 4.69) is 17.6 Å². The number of ether oxygens (including phenoxy) is 2. The molecule has 0 saturated carbocycles. The van der Waals surface area contributed by atoms with E-state index in [4.69, 9.17) is 11.2 Å². The first-order chi connectivity index (χ1) is 13.2. The number of hydrogen-bond acceptors (Lipinski definition) is 4. The van der Waals surface area contributed by atoms with Crippen molar-refractivity contribution < 1.29 is 19.1 Å². The zero-order valence-electron chi connectivity index (χ0n) is 17.2. The third-order valence-electron chi connectivity index (χ3n) is 4.40. The molecule has 4 nitrogen and oxygen atoms in total. The third kappa shape index (κ3) is 20.4. The van der Waals surface area contributed by atoms with Crippen molar-refractivity contribution in [3.8, 4) is 12.3 Å². The largest absolute Gasteiger partial charge is 0.463 e. The van der Waals surface area contributed by atoms with Crippen LogP contribution in [0.2, 0.25) is 0 Å². The average molecular weight is 379 g/mol. The Morgan fingerprint density at radius 1 is 0.704 bits per heavy atom. The molecule has 0 unspecified atom stereocenters. The highest BCUT2D eigenvalue weighted by molar-refractivity contribution is 5.91. The molecule has 0 atom stereocenters. The Bertz CT molecular complexity index is 434. The zero-order chi connectivity index (χ0) is 20.0. The SMILES string of the molecule is C#CCOC(=O)/C=C/C(=O)OCCCCCCCCCCCCCCCC. The van der Waals surface area contributed by atoms with E-state index >= 15 is 0 Å². The maximum absolute atomic E-state index is 11.4. The molecule has 4 heteroatoms. The van der Waals surface area contributed by atoms with Gasteiger partial charge in [0.15, 0.2) is 6.61 Å². The first-order valence-electron chi connectivity index (χ1n) is 10.7. The minimum absolute atomic E-state index is 0.0999. The minimum atomic E-state index is -0.638. The predicted octanol–water partition coefficient (Wildman–Crippen LogP) is 5.74.